The largest absolute Gasteiger partial charge is 0.343 e. The zero-order valence-corrected chi connectivity index (χ0v) is 17.0. The van der Waals surface area contributed by atoms with E-state index < -0.39 is 0 Å². The number of anilines is 1. The Labute approximate surface area is 171 Å². The molecule has 1 aromatic carbocycles. The molecule has 2 amide bonds. The monoisotopic (exact) mass is 405 g/mol. The molecule has 0 saturated heterocycles. The number of aromatic nitrogens is 3. The molecule has 146 valence electrons. The second-order valence-corrected chi connectivity index (χ2v) is 7.78. The Morgan fingerprint density at radius 1 is 1.10 bits per heavy atom. The summed E-state index contributed by atoms with van der Waals surface area (Å²) >= 11 is 1.39. The lowest BCUT2D eigenvalue weighted by atomic mass is 10.3. The van der Waals surface area contributed by atoms with Gasteiger partial charge >= 0.3 is 0 Å². The average Bonchev–Trinajstić information content (AvgIpc) is 3.29. The van der Waals surface area contributed by atoms with Gasteiger partial charge in [0.15, 0.2) is 0 Å². The second kappa shape index (κ2) is 7.48. The molecule has 3 aromatic heterocycles. The summed E-state index contributed by atoms with van der Waals surface area (Å²) in [6.07, 6.45) is 1.49. The van der Waals surface area contributed by atoms with E-state index in [9.17, 15) is 9.59 Å². The molecule has 0 bridgehead atoms. The summed E-state index contributed by atoms with van der Waals surface area (Å²) in [5.74, 6) is -0.410. The molecule has 0 aliphatic carbocycles. The lowest BCUT2D eigenvalue weighted by Gasteiger charge is -2.09. The van der Waals surface area contributed by atoms with Crippen molar-refractivity contribution in [1.29, 1.82) is 0 Å². The Balaban J connectivity index is 1.59. The molecule has 8 heteroatoms. The third-order valence-corrected chi connectivity index (χ3v) is 5.53. The second-order valence-electron chi connectivity index (χ2n) is 6.75. The van der Waals surface area contributed by atoms with Gasteiger partial charge in [0.05, 0.1) is 28.1 Å². The van der Waals surface area contributed by atoms with E-state index in [4.69, 9.17) is 0 Å². The van der Waals surface area contributed by atoms with E-state index in [0.29, 0.717) is 16.3 Å². The zero-order chi connectivity index (χ0) is 20.5. The Kier molecular flexibility index (Phi) is 4.85. The molecule has 0 unspecified atom stereocenters. The van der Waals surface area contributed by atoms with E-state index in [1.807, 2.05) is 48.0 Å². The Hall–Kier alpha value is -3.52. The highest BCUT2D eigenvalue weighted by molar-refractivity contribution is 7.20. The van der Waals surface area contributed by atoms with E-state index in [0.717, 1.165) is 21.6 Å². The maximum absolute atomic E-state index is 12.7. The summed E-state index contributed by atoms with van der Waals surface area (Å²) in [6.45, 7) is 1.93. The number of hydrogen-bond acceptors (Lipinski definition) is 5. The molecule has 0 spiro atoms. The fourth-order valence-corrected chi connectivity index (χ4v) is 4.00. The van der Waals surface area contributed by atoms with Crippen LogP contribution in [0.4, 0.5) is 5.69 Å². The van der Waals surface area contributed by atoms with Crippen LogP contribution in [-0.2, 0) is 0 Å². The standard InChI is InChI=1S/C21H19N5O2S/c1-13-16-11-18(29-21(16)26(24-13)15-7-5-4-6-8-15)19(27)23-14-9-10-17(22-12-14)20(28)25(2)3/h4-12H,1-3H3,(H,23,27). The van der Waals surface area contributed by atoms with E-state index in [1.165, 1.54) is 22.4 Å². The minimum absolute atomic E-state index is 0.187. The molecule has 4 rings (SSSR count). The normalized spacial score (nSPS) is 10.9. The van der Waals surface area contributed by atoms with Gasteiger partial charge < -0.3 is 10.2 Å². The Morgan fingerprint density at radius 3 is 2.52 bits per heavy atom. The number of rotatable bonds is 4. The minimum Gasteiger partial charge on any atom is -0.343 e. The number of fused-ring (bicyclic) bond motifs is 1. The molecule has 3 heterocycles. The van der Waals surface area contributed by atoms with Gasteiger partial charge in [0, 0.05) is 19.5 Å². The highest BCUT2D eigenvalue weighted by Crippen LogP contribution is 2.30. The van der Waals surface area contributed by atoms with Gasteiger partial charge in [-0.2, -0.15) is 5.10 Å². The summed E-state index contributed by atoms with van der Waals surface area (Å²) in [7, 11) is 3.33. The van der Waals surface area contributed by atoms with Crippen molar-refractivity contribution < 1.29 is 9.59 Å². The van der Waals surface area contributed by atoms with Crippen molar-refractivity contribution in [2.75, 3.05) is 19.4 Å². The SMILES string of the molecule is Cc1nn(-c2ccccc2)c2sc(C(=O)Nc3ccc(C(=O)N(C)C)nc3)cc12. The molecule has 29 heavy (non-hydrogen) atoms. The van der Waals surface area contributed by atoms with Crippen molar-refractivity contribution in [3.63, 3.8) is 0 Å². The number of para-hydroxylation sites is 1. The van der Waals surface area contributed by atoms with Crippen LogP contribution in [0.1, 0.15) is 25.9 Å². The molecule has 7 nitrogen and oxygen atoms in total. The van der Waals surface area contributed by atoms with Gasteiger partial charge in [0.25, 0.3) is 11.8 Å². The van der Waals surface area contributed by atoms with Crippen LogP contribution >= 0.6 is 11.3 Å². The van der Waals surface area contributed by atoms with Gasteiger partial charge in [-0.3, -0.25) is 9.59 Å². The maximum atomic E-state index is 12.7. The van der Waals surface area contributed by atoms with Crippen molar-refractivity contribution in [1.82, 2.24) is 19.7 Å². The van der Waals surface area contributed by atoms with Gasteiger partial charge in [-0.1, -0.05) is 18.2 Å². The molecule has 1 N–H and O–H groups in total. The maximum Gasteiger partial charge on any atom is 0.271 e. The van der Waals surface area contributed by atoms with Crippen LogP contribution in [0.25, 0.3) is 15.9 Å². The van der Waals surface area contributed by atoms with Crippen LogP contribution in [0, 0.1) is 6.92 Å². The van der Waals surface area contributed by atoms with Crippen LogP contribution in [0.2, 0.25) is 0 Å². The summed E-state index contributed by atoms with van der Waals surface area (Å²) in [4.78, 5) is 31.7. The molecular formula is C21H19N5O2S. The van der Waals surface area contributed by atoms with Gasteiger partial charge in [0.2, 0.25) is 0 Å². The van der Waals surface area contributed by atoms with Gasteiger partial charge in [-0.05, 0) is 37.3 Å². The first-order valence-corrected chi connectivity index (χ1v) is 9.79. The third-order valence-electron chi connectivity index (χ3n) is 4.42. The Morgan fingerprint density at radius 2 is 1.86 bits per heavy atom. The minimum atomic E-state index is -0.223. The average molecular weight is 405 g/mol. The van der Waals surface area contributed by atoms with Crippen LogP contribution < -0.4 is 5.32 Å². The highest BCUT2D eigenvalue weighted by Gasteiger charge is 2.17. The van der Waals surface area contributed by atoms with Crippen LogP contribution in [0.15, 0.2) is 54.7 Å². The molecule has 0 radical (unpaired) electrons. The van der Waals surface area contributed by atoms with Crippen LogP contribution in [-0.4, -0.2) is 45.6 Å². The molecule has 0 fully saturated rings. The summed E-state index contributed by atoms with van der Waals surface area (Å²) in [5, 5.41) is 8.38. The van der Waals surface area contributed by atoms with Crippen molar-refractivity contribution in [3.05, 3.63) is 71.0 Å². The van der Waals surface area contributed by atoms with Crippen molar-refractivity contribution in [2.45, 2.75) is 6.92 Å². The number of hydrogen-bond donors (Lipinski definition) is 1. The first-order chi connectivity index (χ1) is 13.9. The lowest BCUT2D eigenvalue weighted by Crippen LogP contribution is -2.22. The first-order valence-electron chi connectivity index (χ1n) is 8.97. The molecular weight excluding hydrogens is 386 g/mol. The summed E-state index contributed by atoms with van der Waals surface area (Å²) in [6, 6.07) is 15.0. The fraction of sp³-hybridized carbons (Fsp3) is 0.143. The number of pyridine rings is 1. The van der Waals surface area contributed by atoms with Gasteiger partial charge in [0.1, 0.15) is 10.5 Å². The molecule has 0 atom stereocenters. The molecule has 4 aromatic rings. The van der Waals surface area contributed by atoms with Crippen LogP contribution in [0.5, 0.6) is 0 Å². The quantitative estimate of drug-likeness (QED) is 0.561. The number of aryl methyl sites for hydroxylation is 1. The zero-order valence-electron chi connectivity index (χ0n) is 16.2. The van der Waals surface area contributed by atoms with Gasteiger partial charge in [-0.15, -0.1) is 11.3 Å². The van der Waals surface area contributed by atoms with Crippen molar-refractivity contribution in [2.24, 2.45) is 0 Å². The topological polar surface area (TPSA) is 80.1 Å². The molecule has 0 aliphatic rings. The van der Waals surface area contributed by atoms with E-state index in [2.05, 4.69) is 15.4 Å². The highest BCUT2D eigenvalue weighted by atomic mass is 32.1. The van der Waals surface area contributed by atoms with Crippen molar-refractivity contribution in [3.8, 4) is 5.69 Å². The Bertz CT molecular complexity index is 1190. The van der Waals surface area contributed by atoms with E-state index >= 15 is 0 Å². The number of nitrogens with one attached hydrogen (secondary N) is 1. The predicted octanol–water partition coefficient (Wildman–Crippen LogP) is 3.74. The number of benzene rings is 1. The number of carbonyl (C=O) groups is 2. The summed E-state index contributed by atoms with van der Waals surface area (Å²) in [5.41, 5.74) is 2.68. The first kappa shape index (κ1) is 18.8. The van der Waals surface area contributed by atoms with Crippen molar-refractivity contribution >= 4 is 39.1 Å². The smallest absolute Gasteiger partial charge is 0.271 e. The summed E-state index contributed by atoms with van der Waals surface area (Å²) < 4.78 is 1.86. The van der Waals surface area contributed by atoms with Crippen LogP contribution in [0.3, 0.4) is 0 Å². The number of thiophene rings is 1. The van der Waals surface area contributed by atoms with E-state index in [1.54, 1.807) is 26.2 Å². The molecule has 0 saturated carbocycles. The third kappa shape index (κ3) is 3.62. The molecule has 0 aliphatic heterocycles. The van der Waals surface area contributed by atoms with E-state index in [-0.39, 0.29) is 11.8 Å². The van der Waals surface area contributed by atoms with Gasteiger partial charge in [-0.25, -0.2) is 9.67 Å². The lowest BCUT2D eigenvalue weighted by molar-refractivity contribution is 0.0822. The number of amides is 2. The fourth-order valence-electron chi connectivity index (χ4n) is 2.92. The number of carbonyl (C=O) groups excluding carboxylic acids is 2. The number of nitrogens with zero attached hydrogens (tertiary/aromatic N) is 4. The predicted molar refractivity (Wildman–Crippen MR) is 114 cm³/mol.